The van der Waals surface area contributed by atoms with E-state index in [4.69, 9.17) is 0 Å². The number of rotatable bonds is 13. The van der Waals surface area contributed by atoms with Crippen molar-refractivity contribution in [2.75, 3.05) is 29.5 Å². The molecular weight excluding hydrogens is 609 g/mol. The molecule has 0 aromatic heterocycles. The van der Waals surface area contributed by atoms with Crippen molar-refractivity contribution >= 4 is 39.2 Å². The Labute approximate surface area is 271 Å². The summed E-state index contributed by atoms with van der Waals surface area (Å²) in [6.45, 7) is 10.2. The number of hydrogen-bond acceptors (Lipinski definition) is 8. The van der Waals surface area contributed by atoms with Gasteiger partial charge in [0.1, 0.15) is 6.54 Å². The number of hydrogen-bond donors (Lipinski definition) is 0. The average Bonchev–Trinajstić information content (AvgIpc) is 3.60. The lowest BCUT2D eigenvalue weighted by Crippen LogP contribution is -2.28. The van der Waals surface area contributed by atoms with Gasteiger partial charge in [0.25, 0.3) is 0 Å². The molecule has 2 heterocycles. The topological polar surface area (TPSA) is 105 Å². The van der Waals surface area contributed by atoms with E-state index in [0.29, 0.717) is 12.3 Å². The first-order valence-corrected chi connectivity index (χ1v) is 17.9. The Morgan fingerprint density at radius 1 is 0.956 bits per heavy atom. The minimum absolute atomic E-state index is 0.158. The van der Waals surface area contributed by atoms with Crippen LogP contribution in [0.2, 0.25) is 0 Å². The van der Waals surface area contributed by atoms with Gasteiger partial charge in [-0.3, -0.25) is 5.04 Å². The molecule has 240 valence electrons. The second-order valence-corrected chi connectivity index (χ2v) is 15.0. The molecule has 0 saturated carbocycles. The van der Waals surface area contributed by atoms with Crippen LogP contribution in [-0.2, 0) is 30.3 Å². The van der Waals surface area contributed by atoms with Crippen LogP contribution in [0.25, 0.3) is 0 Å². The molecule has 0 saturated heterocycles. The number of anilines is 1. The van der Waals surface area contributed by atoms with Gasteiger partial charge in [0.2, 0.25) is 5.69 Å². The van der Waals surface area contributed by atoms with E-state index in [2.05, 4.69) is 113 Å². The molecule has 0 unspecified atom stereocenters. The van der Waals surface area contributed by atoms with E-state index in [1.807, 2.05) is 12.1 Å². The van der Waals surface area contributed by atoms with Crippen molar-refractivity contribution in [3.63, 3.8) is 0 Å². The van der Waals surface area contributed by atoms with Gasteiger partial charge in [0.15, 0.2) is 5.71 Å². The van der Waals surface area contributed by atoms with Crippen LogP contribution in [-0.4, -0.2) is 47.9 Å². The molecule has 0 bridgehead atoms. The summed E-state index contributed by atoms with van der Waals surface area (Å²) in [4.78, 5) is 2.17. The van der Waals surface area contributed by atoms with E-state index in [1.54, 1.807) is 0 Å². The van der Waals surface area contributed by atoms with Crippen molar-refractivity contribution in [1.82, 2.24) is 0 Å². The van der Waals surface area contributed by atoms with Crippen molar-refractivity contribution < 1.29 is 32.2 Å². The van der Waals surface area contributed by atoms with Crippen molar-refractivity contribution in [2.24, 2.45) is 0 Å². The Hall–Kier alpha value is -2.99. The van der Waals surface area contributed by atoms with Crippen LogP contribution in [0.1, 0.15) is 64.5 Å². The molecule has 0 atom stereocenters. The van der Waals surface area contributed by atoms with Gasteiger partial charge < -0.3 is 14.7 Å². The molecule has 45 heavy (non-hydrogen) atoms. The molecule has 10 heteroatoms. The van der Waals surface area contributed by atoms with E-state index >= 15 is 0 Å². The second-order valence-electron chi connectivity index (χ2n) is 12.7. The summed E-state index contributed by atoms with van der Waals surface area (Å²) in [6.07, 6.45) is 14.1. The Morgan fingerprint density at radius 3 is 2.44 bits per heavy atom. The summed E-state index contributed by atoms with van der Waals surface area (Å²) in [7, 11) is -4.27. The van der Waals surface area contributed by atoms with Gasteiger partial charge in [0, 0.05) is 71.0 Å². The molecule has 5 rings (SSSR count). The fourth-order valence-electron chi connectivity index (χ4n) is 6.80. The Morgan fingerprint density at radius 2 is 1.69 bits per heavy atom. The number of nitrogens with zero attached hydrogens (tertiary/aromatic N) is 2. The fourth-order valence-corrected chi connectivity index (χ4v) is 7.64. The molecule has 3 aliphatic rings. The average molecular weight is 650 g/mol. The van der Waals surface area contributed by atoms with Gasteiger partial charge in [-0.1, -0.05) is 68.5 Å². The van der Waals surface area contributed by atoms with Gasteiger partial charge in [0.05, 0.1) is 15.5 Å². The van der Waals surface area contributed by atoms with Gasteiger partial charge in [-0.2, -0.15) is 8.91 Å². The molecule has 0 spiro atoms. The Bertz CT molecular complexity index is 1680. The zero-order valence-electron chi connectivity index (χ0n) is 26.3. The fraction of sp³-hybridized carbons (Fsp3) is 0.400. The third-order valence-corrected chi connectivity index (χ3v) is 10.4. The monoisotopic (exact) mass is 649 g/mol. The lowest BCUT2D eigenvalue weighted by atomic mass is 9.81. The minimum atomic E-state index is -4.27. The number of benzene rings is 2. The quantitative estimate of drug-likeness (QED) is 0.0636. The smallest absolute Gasteiger partial charge is 0.209 e. The molecule has 0 amide bonds. The summed E-state index contributed by atoms with van der Waals surface area (Å²) in [5.74, 6) is 0.269. The molecular formula is C35H41N2O6S2-. The van der Waals surface area contributed by atoms with Crippen molar-refractivity contribution in [2.45, 2.75) is 64.2 Å². The van der Waals surface area contributed by atoms with Crippen LogP contribution in [0.5, 0.6) is 0 Å². The lowest BCUT2D eigenvalue weighted by molar-refractivity contribution is -0.777. The standard InChI is InChI=1S/C35H42N2O6S2/c1-34(2)28-11-5-7-13-30(28)36(21-9-23-44-43-42-38)32(34)19-17-26-15-16-27(25-26)18-20-33-35(3,4)29-12-6-8-14-31(29)37(33)22-10-24-45(39,40)41/h5-8,11-14,17-20,25H,9-10,15-16,21-24H2,1-4H3,(H-,38,39,40,41)/p-1. The normalized spacial score (nSPS) is 20.5. The van der Waals surface area contributed by atoms with Crippen LogP contribution in [0.15, 0.2) is 95.8 Å². The van der Waals surface area contributed by atoms with E-state index in [9.17, 15) is 18.2 Å². The molecule has 0 N–H and O–H groups in total. The van der Waals surface area contributed by atoms with Crippen LogP contribution >= 0.6 is 12.0 Å². The van der Waals surface area contributed by atoms with E-state index < -0.39 is 10.1 Å². The van der Waals surface area contributed by atoms with Crippen LogP contribution in [0, 0.1) is 0 Å². The SMILES string of the molecule is CC1(C)C(/C=C/C2=CC(=C/C=C3/N(CCCS(=O)(=O)[O-])c4ccccc4C3(C)C)/CC2)=[N+](CCCSOO[O-])c2ccccc21. The van der Waals surface area contributed by atoms with Gasteiger partial charge in [-0.15, -0.1) is 0 Å². The van der Waals surface area contributed by atoms with Gasteiger partial charge in [-0.25, -0.2) is 8.42 Å². The molecule has 2 aromatic rings. The van der Waals surface area contributed by atoms with Crippen molar-refractivity contribution in [3.8, 4) is 0 Å². The molecule has 0 radical (unpaired) electrons. The number of allylic oxidation sites excluding steroid dienone is 8. The molecule has 2 aromatic carbocycles. The highest BCUT2D eigenvalue weighted by Gasteiger charge is 2.44. The maximum Gasteiger partial charge on any atom is 0.209 e. The highest BCUT2D eigenvalue weighted by molar-refractivity contribution is 7.94. The predicted molar refractivity (Wildman–Crippen MR) is 177 cm³/mol. The first-order valence-electron chi connectivity index (χ1n) is 15.4. The number of fused-ring (bicyclic) bond motifs is 2. The maximum absolute atomic E-state index is 11.3. The predicted octanol–water partition coefficient (Wildman–Crippen LogP) is 6.14. The van der Waals surface area contributed by atoms with E-state index in [-0.39, 0.29) is 23.0 Å². The van der Waals surface area contributed by atoms with Crippen LogP contribution in [0.3, 0.4) is 0 Å². The zero-order chi connectivity index (χ0) is 32.2. The van der Waals surface area contributed by atoms with Crippen molar-refractivity contribution in [1.29, 1.82) is 0 Å². The first-order chi connectivity index (χ1) is 21.4. The number of para-hydroxylation sites is 2. The summed E-state index contributed by atoms with van der Waals surface area (Å²) in [6, 6.07) is 16.7. The first kappa shape index (κ1) is 33.4. The highest BCUT2D eigenvalue weighted by atomic mass is 32.2. The lowest BCUT2D eigenvalue weighted by Gasteiger charge is -2.27. The van der Waals surface area contributed by atoms with E-state index in [1.165, 1.54) is 33.7 Å². The molecule has 2 aliphatic heterocycles. The zero-order valence-corrected chi connectivity index (χ0v) is 28.0. The summed E-state index contributed by atoms with van der Waals surface area (Å²) in [5, 5.41) is 13.6. The van der Waals surface area contributed by atoms with Gasteiger partial charge >= 0.3 is 0 Å². The summed E-state index contributed by atoms with van der Waals surface area (Å²) in [5.41, 5.74) is 9.17. The summed E-state index contributed by atoms with van der Waals surface area (Å²) < 4.78 is 40.7. The van der Waals surface area contributed by atoms with Crippen molar-refractivity contribution in [3.05, 3.63) is 107 Å². The molecule has 1 aliphatic carbocycles. The molecule has 8 nitrogen and oxygen atoms in total. The third-order valence-electron chi connectivity index (χ3n) is 9.04. The summed E-state index contributed by atoms with van der Waals surface area (Å²) >= 11 is 1.02. The second kappa shape index (κ2) is 13.8. The van der Waals surface area contributed by atoms with E-state index in [0.717, 1.165) is 49.2 Å². The minimum Gasteiger partial charge on any atom is -0.748 e. The Balaban J connectivity index is 1.38. The Kier molecular flexibility index (Phi) is 10.2. The highest BCUT2D eigenvalue weighted by Crippen LogP contribution is 2.48. The third kappa shape index (κ3) is 7.37. The maximum atomic E-state index is 11.3. The van der Waals surface area contributed by atoms with Crippen LogP contribution < -0.4 is 10.2 Å². The van der Waals surface area contributed by atoms with Crippen LogP contribution in [0.4, 0.5) is 11.4 Å². The van der Waals surface area contributed by atoms with Gasteiger partial charge in [-0.05, 0) is 62.0 Å². The molecule has 0 fully saturated rings. The largest absolute Gasteiger partial charge is 0.748 e.